The average molecular weight is 328 g/mol. The Morgan fingerprint density at radius 1 is 1.33 bits per heavy atom. The van der Waals surface area contributed by atoms with E-state index in [9.17, 15) is 14.0 Å². The fourth-order valence-corrected chi connectivity index (χ4v) is 2.30. The smallest absolute Gasteiger partial charge is 0.313 e. The molecule has 1 heterocycles. The maximum absolute atomic E-state index is 13.0. The highest BCUT2D eigenvalue weighted by atomic mass is 35.5. The zero-order valence-electron chi connectivity index (χ0n) is 10.7. The summed E-state index contributed by atoms with van der Waals surface area (Å²) in [7, 11) is 0. The molecule has 2 amide bonds. The number of aromatic nitrogens is 1. The van der Waals surface area contributed by atoms with Gasteiger partial charge in [-0.15, -0.1) is 11.3 Å². The van der Waals surface area contributed by atoms with Gasteiger partial charge in [0.1, 0.15) is 5.82 Å². The summed E-state index contributed by atoms with van der Waals surface area (Å²) >= 11 is 7.26. The number of hydrogen-bond acceptors (Lipinski definition) is 4. The van der Waals surface area contributed by atoms with Crippen LogP contribution in [-0.2, 0) is 16.0 Å². The van der Waals surface area contributed by atoms with Crippen LogP contribution in [0, 0.1) is 5.82 Å². The molecule has 0 aliphatic carbocycles. The Kier molecular flexibility index (Phi) is 5.24. The Morgan fingerprint density at radius 3 is 2.86 bits per heavy atom. The molecule has 5 nitrogen and oxygen atoms in total. The van der Waals surface area contributed by atoms with E-state index in [0.29, 0.717) is 6.42 Å². The van der Waals surface area contributed by atoms with E-state index in [1.54, 1.807) is 6.20 Å². The molecule has 0 atom stereocenters. The molecule has 0 spiro atoms. The van der Waals surface area contributed by atoms with Gasteiger partial charge in [0.05, 0.1) is 15.7 Å². The maximum atomic E-state index is 13.0. The number of carbonyl (C=O) groups is 2. The number of halogens is 2. The normalized spacial score (nSPS) is 10.2. The first-order valence-electron chi connectivity index (χ1n) is 5.99. The molecule has 0 unspecified atom stereocenters. The topological polar surface area (TPSA) is 71.1 Å². The van der Waals surface area contributed by atoms with Gasteiger partial charge in [-0.2, -0.15) is 0 Å². The molecule has 0 saturated carbocycles. The second-order valence-corrected chi connectivity index (χ2v) is 5.40. The molecule has 0 aliphatic heterocycles. The van der Waals surface area contributed by atoms with Crippen LogP contribution in [0.4, 0.5) is 10.1 Å². The van der Waals surface area contributed by atoms with Crippen LogP contribution in [0.3, 0.4) is 0 Å². The van der Waals surface area contributed by atoms with Gasteiger partial charge >= 0.3 is 11.8 Å². The Balaban J connectivity index is 1.84. The summed E-state index contributed by atoms with van der Waals surface area (Å²) in [6.45, 7) is 0.288. The summed E-state index contributed by atoms with van der Waals surface area (Å²) in [6.07, 6.45) is 2.21. The summed E-state index contributed by atoms with van der Waals surface area (Å²) in [5, 5.41) is 7.56. The Bertz CT molecular complexity index is 649. The molecule has 0 aliphatic rings. The van der Waals surface area contributed by atoms with Crippen LogP contribution >= 0.6 is 22.9 Å². The lowest BCUT2D eigenvalue weighted by Gasteiger charge is -2.07. The average Bonchev–Trinajstić information content (AvgIpc) is 2.96. The third kappa shape index (κ3) is 4.51. The molecule has 0 bridgehead atoms. The van der Waals surface area contributed by atoms with Crippen molar-refractivity contribution in [3.8, 4) is 0 Å². The van der Waals surface area contributed by atoms with E-state index in [0.717, 1.165) is 17.1 Å². The van der Waals surface area contributed by atoms with E-state index < -0.39 is 17.6 Å². The largest absolute Gasteiger partial charge is 0.347 e. The lowest BCUT2D eigenvalue weighted by Crippen LogP contribution is -2.36. The molecule has 21 heavy (non-hydrogen) atoms. The van der Waals surface area contributed by atoms with E-state index >= 15 is 0 Å². The van der Waals surface area contributed by atoms with Crippen molar-refractivity contribution in [2.24, 2.45) is 0 Å². The predicted octanol–water partition coefficient (Wildman–Crippen LogP) is 2.23. The summed E-state index contributed by atoms with van der Waals surface area (Å²) in [6, 6.07) is 3.50. The summed E-state index contributed by atoms with van der Waals surface area (Å²) in [4.78, 5) is 27.3. The Hall–Kier alpha value is -1.99. The molecular weight excluding hydrogens is 317 g/mol. The van der Waals surface area contributed by atoms with Crippen LogP contribution in [0.5, 0.6) is 0 Å². The minimum atomic E-state index is -0.901. The van der Waals surface area contributed by atoms with E-state index in [4.69, 9.17) is 11.6 Å². The van der Waals surface area contributed by atoms with Crippen molar-refractivity contribution < 1.29 is 14.0 Å². The van der Waals surface area contributed by atoms with Crippen LogP contribution in [0.25, 0.3) is 0 Å². The first-order valence-corrected chi connectivity index (χ1v) is 7.24. The SMILES string of the molecule is O=C(NCCc1nccs1)C(=O)Nc1cc(F)ccc1Cl. The quantitative estimate of drug-likeness (QED) is 0.846. The lowest BCUT2D eigenvalue weighted by atomic mass is 10.3. The van der Waals surface area contributed by atoms with Gasteiger partial charge in [0.15, 0.2) is 0 Å². The molecule has 2 rings (SSSR count). The molecule has 2 aromatic rings. The van der Waals surface area contributed by atoms with Crippen LogP contribution in [0.15, 0.2) is 29.8 Å². The fourth-order valence-electron chi connectivity index (χ4n) is 1.51. The van der Waals surface area contributed by atoms with Crippen molar-refractivity contribution in [1.82, 2.24) is 10.3 Å². The van der Waals surface area contributed by atoms with Crippen molar-refractivity contribution >= 4 is 40.4 Å². The second kappa shape index (κ2) is 7.14. The first-order chi connectivity index (χ1) is 10.1. The van der Waals surface area contributed by atoms with Crippen LogP contribution in [0.2, 0.25) is 5.02 Å². The highest BCUT2D eigenvalue weighted by molar-refractivity contribution is 7.09. The van der Waals surface area contributed by atoms with Crippen molar-refractivity contribution in [2.75, 3.05) is 11.9 Å². The zero-order valence-corrected chi connectivity index (χ0v) is 12.3. The molecule has 110 valence electrons. The number of nitrogens with zero attached hydrogens (tertiary/aromatic N) is 1. The van der Waals surface area contributed by atoms with Gasteiger partial charge in [-0.1, -0.05) is 11.6 Å². The van der Waals surface area contributed by atoms with Gasteiger partial charge in [0.25, 0.3) is 0 Å². The van der Waals surface area contributed by atoms with Crippen molar-refractivity contribution in [2.45, 2.75) is 6.42 Å². The minimum absolute atomic E-state index is 0.0525. The molecule has 2 N–H and O–H groups in total. The Morgan fingerprint density at radius 2 is 2.14 bits per heavy atom. The number of nitrogens with one attached hydrogen (secondary N) is 2. The standard InChI is InChI=1S/C13H11ClFN3O2S/c14-9-2-1-8(15)7-10(9)18-13(20)12(19)17-4-3-11-16-5-6-21-11/h1-2,5-7H,3-4H2,(H,17,19)(H,18,20). The van der Waals surface area contributed by atoms with Gasteiger partial charge in [-0.05, 0) is 18.2 Å². The molecule has 0 radical (unpaired) electrons. The highest BCUT2D eigenvalue weighted by Crippen LogP contribution is 2.22. The number of amides is 2. The van der Waals surface area contributed by atoms with Crippen LogP contribution in [-0.4, -0.2) is 23.3 Å². The lowest BCUT2D eigenvalue weighted by molar-refractivity contribution is -0.136. The third-order valence-electron chi connectivity index (χ3n) is 2.49. The second-order valence-electron chi connectivity index (χ2n) is 4.01. The molecule has 0 saturated heterocycles. The molecule has 1 aromatic carbocycles. The van der Waals surface area contributed by atoms with E-state index in [1.807, 2.05) is 5.38 Å². The van der Waals surface area contributed by atoms with Gasteiger partial charge in [-0.25, -0.2) is 9.37 Å². The molecular formula is C13H11ClFN3O2S. The molecule has 8 heteroatoms. The van der Waals surface area contributed by atoms with Gasteiger partial charge in [-0.3, -0.25) is 9.59 Å². The van der Waals surface area contributed by atoms with Crippen molar-refractivity contribution in [3.63, 3.8) is 0 Å². The number of carbonyl (C=O) groups excluding carboxylic acids is 2. The van der Waals surface area contributed by atoms with Crippen LogP contribution < -0.4 is 10.6 Å². The van der Waals surface area contributed by atoms with Gasteiger partial charge in [0.2, 0.25) is 0 Å². The van der Waals surface area contributed by atoms with E-state index in [1.165, 1.54) is 17.4 Å². The number of benzene rings is 1. The first kappa shape index (κ1) is 15.4. The summed E-state index contributed by atoms with van der Waals surface area (Å²) < 4.78 is 13.0. The number of hydrogen-bond donors (Lipinski definition) is 2. The number of rotatable bonds is 4. The third-order valence-corrected chi connectivity index (χ3v) is 3.66. The van der Waals surface area contributed by atoms with E-state index in [-0.39, 0.29) is 17.3 Å². The van der Waals surface area contributed by atoms with Gasteiger partial charge < -0.3 is 10.6 Å². The molecule has 0 fully saturated rings. The number of anilines is 1. The van der Waals surface area contributed by atoms with Crippen molar-refractivity contribution in [3.05, 3.63) is 45.6 Å². The summed E-state index contributed by atoms with van der Waals surface area (Å²) in [5.41, 5.74) is 0.0525. The van der Waals surface area contributed by atoms with Gasteiger partial charge in [0, 0.05) is 24.5 Å². The van der Waals surface area contributed by atoms with Crippen molar-refractivity contribution in [1.29, 1.82) is 0 Å². The Labute approximate surface area is 129 Å². The monoisotopic (exact) mass is 327 g/mol. The minimum Gasteiger partial charge on any atom is -0.347 e. The highest BCUT2D eigenvalue weighted by Gasteiger charge is 2.15. The fraction of sp³-hybridized carbons (Fsp3) is 0.154. The molecule has 1 aromatic heterocycles. The van der Waals surface area contributed by atoms with E-state index in [2.05, 4.69) is 15.6 Å². The van der Waals surface area contributed by atoms with Crippen LogP contribution in [0.1, 0.15) is 5.01 Å². The zero-order chi connectivity index (χ0) is 15.2. The predicted molar refractivity (Wildman–Crippen MR) is 78.9 cm³/mol. The maximum Gasteiger partial charge on any atom is 0.313 e. The summed E-state index contributed by atoms with van der Waals surface area (Å²) in [5.74, 6) is -2.27. The number of thiazole rings is 1.